The van der Waals surface area contributed by atoms with E-state index in [2.05, 4.69) is 20.9 Å². The zero-order valence-electron chi connectivity index (χ0n) is 9.17. The van der Waals surface area contributed by atoms with Crippen LogP contribution in [-0.4, -0.2) is 34.7 Å². The van der Waals surface area contributed by atoms with E-state index in [0.717, 1.165) is 11.1 Å². The summed E-state index contributed by atoms with van der Waals surface area (Å²) in [6, 6.07) is 1.97. The van der Waals surface area contributed by atoms with E-state index in [4.69, 9.17) is 0 Å². The molecule has 2 nitrogen and oxygen atoms in total. The van der Waals surface area contributed by atoms with Crippen LogP contribution in [0.25, 0.3) is 0 Å². The molecule has 1 aromatic heterocycles. The Balaban J connectivity index is 2.60. The lowest BCUT2D eigenvalue weighted by Gasteiger charge is -2.20. The molecule has 0 N–H and O–H groups in total. The Bertz CT molecular complexity index is 321. The van der Waals surface area contributed by atoms with E-state index in [9.17, 15) is 8.78 Å². The monoisotopic (exact) mass is 292 g/mol. The van der Waals surface area contributed by atoms with Gasteiger partial charge in [-0.2, -0.15) is 0 Å². The van der Waals surface area contributed by atoms with Crippen molar-refractivity contribution in [2.45, 2.75) is 19.9 Å². The van der Waals surface area contributed by atoms with Crippen molar-refractivity contribution in [2.24, 2.45) is 0 Å². The predicted molar refractivity (Wildman–Crippen MR) is 64.0 cm³/mol. The molecule has 1 rings (SSSR count). The quantitative estimate of drug-likeness (QED) is 0.750. The molecule has 90 valence electrons. The Kier molecular flexibility index (Phi) is 5.84. The molecule has 1 heterocycles. The molecule has 0 fully saturated rings. The zero-order chi connectivity index (χ0) is 12.0. The second kappa shape index (κ2) is 6.91. The highest BCUT2D eigenvalue weighted by Gasteiger charge is 2.11. The molecule has 1 aromatic rings. The van der Waals surface area contributed by atoms with Crippen molar-refractivity contribution < 1.29 is 8.78 Å². The van der Waals surface area contributed by atoms with Crippen molar-refractivity contribution in [3.05, 3.63) is 29.6 Å². The van der Waals surface area contributed by atoms with E-state index in [1.165, 1.54) is 0 Å². The lowest BCUT2D eigenvalue weighted by Crippen LogP contribution is -2.30. The van der Waals surface area contributed by atoms with E-state index in [0.29, 0.717) is 18.4 Å². The first-order valence-corrected chi connectivity index (χ1v) is 6.21. The largest absolute Gasteiger partial charge is 0.293 e. The van der Waals surface area contributed by atoms with Crippen LogP contribution in [0.1, 0.15) is 11.1 Å². The summed E-state index contributed by atoms with van der Waals surface area (Å²) in [5.74, 6) is 0. The van der Waals surface area contributed by atoms with Gasteiger partial charge in [0.25, 0.3) is 6.43 Å². The average molecular weight is 293 g/mol. The fourth-order valence-corrected chi connectivity index (χ4v) is 2.01. The van der Waals surface area contributed by atoms with E-state index in [1.807, 2.05) is 13.0 Å². The topological polar surface area (TPSA) is 16.1 Å². The van der Waals surface area contributed by atoms with Crippen LogP contribution in [-0.2, 0) is 6.54 Å². The van der Waals surface area contributed by atoms with Crippen LogP contribution in [0.5, 0.6) is 0 Å². The minimum atomic E-state index is -2.29. The lowest BCUT2D eigenvalue weighted by atomic mass is 10.2. The third-order valence-electron chi connectivity index (χ3n) is 2.13. The molecule has 0 aliphatic rings. The van der Waals surface area contributed by atoms with Gasteiger partial charge < -0.3 is 0 Å². The molecule has 5 heteroatoms. The Morgan fingerprint density at radius 2 is 2.19 bits per heavy atom. The Labute approximate surface area is 103 Å². The first-order chi connectivity index (χ1) is 7.61. The number of halogens is 3. The second-order valence-electron chi connectivity index (χ2n) is 3.69. The van der Waals surface area contributed by atoms with Crippen LogP contribution in [0, 0.1) is 6.92 Å². The van der Waals surface area contributed by atoms with Gasteiger partial charge in [0.05, 0.1) is 6.54 Å². The highest BCUT2D eigenvalue weighted by Crippen LogP contribution is 2.08. The summed E-state index contributed by atoms with van der Waals surface area (Å²) >= 11 is 3.27. The maximum absolute atomic E-state index is 12.3. The average Bonchev–Trinajstić information content (AvgIpc) is 2.16. The molecule has 16 heavy (non-hydrogen) atoms. The SMILES string of the molecule is Cc1cncc(CN(CCBr)CC(F)F)c1. The van der Waals surface area contributed by atoms with Gasteiger partial charge in [0.1, 0.15) is 0 Å². The van der Waals surface area contributed by atoms with Gasteiger partial charge in [-0.05, 0) is 18.1 Å². The molecule has 0 amide bonds. The summed E-state index contributed by atoms with van der Waals surface area (Å²) < 4.78 is 24.6. The molecule has 0 saturated carbocycles. The molecule has 0 aliphatic heterocycles. The van der Waals surface area contributed by atoms with Crippen LogP contribution in [0.3, 0.4) is 0 Å². The molecular weight excluding hydrogens is 278 g/mol. The first-order valence-electron chi connectivity index (χ1n) is 5.09. The van der Waals surface area contributed by atoms with Gasteiger partial charge in [-0.1, -0.05) is 22.0 Å². The first kappa shape index (κ1) is 13.5. The van der Waals surface area contributed by atoms with Gasteiger partial charge in [0, 0.05) is 30.8 Å². The summed E-state index contributed by atoms with van der Waals surface area (Å²) in [5, 5.41) is 0.693. The number of pyridine rings is 1. The predicted octanol–water partition coefficient (Wildman–Crippen LogP) is 2.85. The molecule has 0 saturated heterocycles. The van der Waals surface area contributed by atoms with E-state index >= 15 is 0 Å². The summed E-state index contributed by atoms with van der Waals surface area (Å²) in [5.41, 5.74) is 2.02. The summed E-state index contributed by atoms with van der Waals surface area (Å²) in [4.78, 5) is 5.77. The number of hydrogen-bond acceptors (Lipinski definition) is 2. The summed E-state index contributed by atoms with van der Waals surface area (Å²) in [6.45, 7) is 2.88. The van der Waals surface area contributed by atoms with Crippen LogP contribution in [0.15, 0.2) is 18.5 Å². The van der Waals surface area contributed by atoms with Crippen LogP contribution >= 0.6 is 15.9 Å². The van der Waals surface area contributed by atoms with Gasteiger partial charge in [-0.25, -0.2) is 8.78 Å². The van der Waals surface area contributed by atoms with Crippen molar-refractivity contribution >= 4 is 15.9 Å². The molecule has 0 atom stereocenters. The Hall–Kier alpha value is -0.550. The van der Waals surface area contributed by atoms with Crippen molar-refractivity contribution in [3.63, 3.8) is 0 Å². The molecule has 0 unspecified atom stereocenters. The van der Waals surface area contributed by atoms with Crippen molar-refractivity contribution in [1.82, 2.24) is 9.88 Å². The molecule has 0 spiro atoms. The van der Waals surface area contributed by atoms with Crippen LogP contribution < -0.4 is 0 Å². The van der Waals surface area contributed by atoms with Crippen molar-refractivity contribution in [2.75, 3.05) is 18.4 Å². The normalized spacial score (nSPS) is 11.4. The van der Waals surface area contributed by atoms with Crippen molar-refractivity contribution in [3.8, 4) is 0 Å². The fraction of sp³-hybridized carbons (Fsp3) is 0.545. The fourth-order valence-electron chi connectivity index (χ4n) is 1.51. The maximum atomic E-state index is 12.3. The Morgan fingerprint density at radius 3 is 2.75 bits per heavy atom. The smallest absolute Gasteiger partial charge is 0.251 e. The summed E-state index contributed by atoms with van der Waals surface area (Å²) in [6.07, 6.45) is 1.18. The third kappa shape index (κ3) is 4.99. The zero-order valence-corrected chi connectivity index (χ0v) is 10.8. The van der Waals surface area contributed by atoms with Gasteiger partial charge in [0.15, 0.2) is 0 Å². The molecule has 0 aliphatic carbocycles. The highest BCUT2D eigenvalue weighted by molar-refractivity contribution is 9.09. The number of hydrogen-bond donors (Lipinski definition) is 0. The number of aromatic nitrogens is 1. The van der Waals surface area contributed by atoms with Gasteiger partial charge >= 0.3 is 0 Å². The van der Waals surface area contributed by atoms with Gasteiger partial charge in [0.2, 0.25) is 0 Å². The highest BCUT2D eigenvalue weighted by atomic mass is 79.9. The van der Waals surface area contributed by atoms with E-state index in [1.54, 1.807) is 17.3 Å². The molecule has 0 bridgehead atoms. The minimum Gasteiger partial charge on any atom is -0.293 e. The molecule has 0 radical (unpaired) electrons. The summed E-state index contributed by atoms with van der Waals surface area (Å²) in [7, 11) is 0. The number of nitrogens with zero attached hydrogens (tertiary/aromatic N) is 2. The van der Waals surface area contributed by atoms with Crippen LogP contribution in [0.2, 0.25) is 0 Å². The maximum Gasteiger partial charge on any atom is 0.251 e. The molecular formula is C11H15BrF2N2. The number of aryl methyl sites for hydroxylation is 1. The lowest BCUT2D eigenvalue weighted by molar-refractivity contribution is 0.0881. The standard InChI is InChI=1S/C11H15BrF2N2/c1-9-4-10(6-15-5-9)7-16(3-2-12)8-11(13)14/h4-6,11H,2-3,7-8H2,1H3. The van der Waals surface area contributed by atoms with Crippen molar-refractivity contribution in [1.29, 1.82) is 0 Å². The number of alkyl halides is 3. The minimum absolute atomic E-state index is 0.195. The Morgan fingerprint density at radius 1 is 1.44 bits per heavy atom. The van der Waals surface area contributed by atoms with E-state index in [-0.39, 0.29) is 6.54 Å². The number of rotatable bonds is 6. The third-order valence-corrected chi connectivity index (χ3v) is 2.49. The molecule has 0 aromatic carbocycles. The van der Waals surface area contributed by atoms with Gasteiger partial charge in [-0.3, -0.25) is 9.88 Å². The van der Waals surface area contributed by atoms with E-state index < -0.39 is 6.43 Å². The van der Waals surface area contributed by atoms with Crippen LogP contribution in [0.4, 0.5) is 8.78 Å². The second-order valence-corrected chi connectivity index (χ2v) is 4.48. The van der Waals surface area contributed by atoms with Gasteiger partial charge in [-0.15, -0.1) is 0 Å².